The topological polar surface area (TPSA) is 122 Å². The monoisotopic (exact) mass is 861 g/mol. The Morgan fingerprint density at radius 2 is 1.27 bits per heavy atom. The Kier molecular flexibility index (Phi) is 11.6. The lowest BCUT2D eigenvalue weighted by Crippen LogP contribution is -2.43. The second-order valence-electron chi connectivity index (χ2n) is 14.0. The fourth-order valence-electron chi connectivity index (χ4n) is 6.70. The summed E-state index contributed by atoms with van der Waals surface area (Å²) in [5, 5.41) is 16.6. The summed E-state index contributed by atoms with van der Waals surface area (Å²) in [6, 6.07) is 4.06. The maximum atomic E-state index is 14.3. The number of ether oxygens (including phenoxy) is 2. The third-order valence-electron chi connectivity index (χ3n) is 9.35. The molecule has 7 rings (SSSR count). The first-order chi connectivity index (χ1) is 26.3. The van der Waals surface area contributed by atoms with E-state index in [0.717, 1.165) is 32.0 Å². The van der Waals surface area contributed by atoms with E-state index < -0.39 is 46.6 Å². The van der Waals surface area contributed by atoms with Gasteiger partial charge >= 0.3 is 30.4 Å². The smallest absolute Gasteiger partial charge is 0.416 e. The highest BCUT2D eigenvalue weighted by Gasteiger charge is 2.44. The summed E-state index contributed by atoms with van der Waals surface area (Å²) >= 11 is 3.03. The number of fused-ring (bicyclic) bond motifs is 2. The van der Waals surface area contributed by atoms with Crippen LogP contribution in [0.3, 0.4) is 0 Å². The van der Waals surface area contributed by atoms with Gasteiger partial charge in [-0.1, -0.05) is 5.10 Å². The van der Waals surface area contributed by atoms with Gasteiger partial charge in [0.2, 0.25) is 10.6 Å². The van der Waals surface area contributed by atoms with Crippen molar-refractivity contribution in [2.75, 3.05) is 18.0 Å². The van der Waals surface area contributed by atoms with E-state index in [2.05, 4.69) is 51.2 Å². The molecule has 1 saturated heterocycles. The summed E-state index contributed by atoms with van der Waals surface area (Å²) in [7, 11) is 0. The average molecular weight is 863 g/mol. The minimum absolute atomic E-state index is 0.0284. The third kappa shape index (κ3) is 9.24. The Morgan fingerprint density at radius 1 is 0.768 bits per heavy atom. The van der Waals surface area contributed by atoms with Crippen molar-refractivity contribution < 1.29 is 49.0 Å². The van der Waals surface area contributed by atoms with Gasteiger partial charge in [0.1, 0.15) is 0 Å². The summed E-state index contributed by atoms with van der Waals surface area (Å²) in [4.78, 5) is 10.4. The fraction of sp³-hybridized carbons (Fsp3) is 0.486. The molecule has 1 unspecified atom stereocenters. The van der Waals surface area contributed by atoms with Crippen molar-refractivity contribution in [3.05, 3.63) is 75.6 Å². The minimum Gasteiger partial charge on any atom is -0.421 e. The molecule has 12 nitrogen and oxygen atoms in total. The highest BCUT2D eigenvalue weighted by Crippen LogP contribution is 2.45. The van der Waals surface area contributed by atoms with Crippen LogP contribution in [0.15, 0.2) is 45.5 Å². The van der Waals surface area contributed by atoms with Crippen LogP contribution in [0.5, 0.6) is 23.5 Å². The molecule has 2 aliphatic rings. The zero-order chi connectivity index (χ0) is 40.7. The van der Waals surface area contributed by atoms with Gasteiger partial charge in [-0.25, -0.2) is 18.1 Å². The van der Waals surface area contributed by atoms with E-state index in [0.29, 0.717) is 72.2 Å². The molecule has 5 aromatic rings. The van der Waals surface area contributed by atoms with Crippen molar-refractivity contribution in [2.45, 2.75) is 78.3 Å². The molecule has 21 heteroatoms. The molecule has 3 aromatic heterocycles. The van der Waals surface area contributed by atoms with Crippen LogP contribution < -0.4 is 14.4 Å². The zero-order valence-corrected chi connectivity index (χ0v) is 32.1. The number of benzene rings is 2. The maximum Gasteiger partial charge on any atom is 0.416 e. The molecule has 1 saturated carbocycles. The van der Waals surface area contributed by atoms with Gasteiger partial charge in [-0.2, -0.15) is 41.4 Å². The number of nitrogens with zero attached hydrogens (tertiary/aromatic N) is 9. The maximum absolute atomic E-state index is 14.3. The predicted molar refractivity (Wildman–Crippen MR) is 186 cm³/mol. The number of piperidine rings is 1. The zero-order valence-electron chi connectivity index (χ0n) is 30.5. The number of halogens is 9. The van der Waals surface area contributed by atoms with E-state index in [1.54, 1.807) is 20.8 Å². The number of aromatic nitrogens is 8. The van der Waals surface area contributed by atoms with Gasteiger partial charge in [-0.05, 0) is 111 Å². The summed E-state index contributed by atoms with van der Waals surface area (Å²) in [6.07, 6.45) is -6.45. The van der Waals surface area contributed by atoms with Crippen molar-refractivity contribution >= 4 is 21.9 Å². The third-order valence-corrected chi connectivity index (χ3v) is 9.68. The lowest BCUT2D eigenvalue weighted by molar-refractivity contribution is -0.138. The summed E-state index contributed by atoms with van der Waals surface area (Å²) in [5.74, 6) is -0.717. The van der Waals surface area contributed by atoms with E-state index in [4.69, 9.17) is 13.9 Å². The molecule has 1 aliphatic carbocycles. The van der Waals surface area contributed by atoms with Gasteiger partial charge in [0, 0.05) is 26.4 Å². The molecule has 0 amide bonds. The van der Waals surface area contributed by atoms with Crippen LogP contribution in [0.25, 0.3) is 0 Å². The fourth-order valence-corrected chi connectivity index (χ4v) is 7.02. The normalized spacial score (nSPS) is 18.4. The number of anilines is 1. The molecule has 2 fully saturated rings. The van der Waals surface area contributed by atoms with Gasteiger partial charge < -0.3 is 18.8 Å². The van der Waals surface area contributed by atoms with Gasteiger partial charge in [-0.15, -0.1) is 10.2 Å². The quantitative estimate of drug-likeness (QED) is 0.132. The van der Waals surface area contributed by atoms with Crippen LogP contribution in [-0.4, -0.2) is 52.8 Å². The Morgan fingerprint density at radius 3 is 1.73 bits per heavy atom. The van der Waals surface area contributed by atoms with E-state index in [1.807, 2.05) is 13.8 Å². The SMILES string of the molecule is CC(C)n1nc(Br)nc1Oc1cc(C(F)(F)F)ccc1F.Cc1nnc(N2C[C@H]3CC[C@@H](C2)C3Cc2nc(Oc3cc(C(F)(F)F)ccc3F)n(C(C)C)n2)o1. The van der Waals surface area contributed by atoms with Crippen molar-refractivity contribution in [3.8, 4) is 23.5 Å². The molecule has 0 radical (unpaired) electrons. The number of hydrogen-bond donors (Lipinski definition) is 0. The van der Waals surface area contributed by atoms with Crippen LogP contribution in [0.4, 0.5) is 41.1 Å². The standard InChI is InChI=1S/C23H26F4N6O2.C12H10BrF4N3O/c1-12(2)33-21(35-19-8-16(23(25,26)27)6-7-18(19)24)28-20(31-33)9-17-14-4-5-15(17)11-32(10-14)22-30-29-13(3)34-22;1-6(2)20-11(18-10(13)19-20)21-9-5-7(12(15,16)17)3-4-8(9)14/h6-8,12,14-15,17H,4-5,9-11H2,1-3H3;3-6H,1-2H3/t14-,15+,17?;. The molecule has 4 heterocycles. The highest BCUT2D eigenvalue weighted by atomic mass is 79.9. The van der Waals surface area contributed by atoms with Gasteiger partial charge in [-0.3, -0.25) is 0 Å². The molecule has 302 valence electrons. The predicted octanol–water partition coefficient (Wildman–Crippen LogP) is 9.78. The molecule has 2 aromatic carbocycles. The Balaban J connectivity index is 0.000000217. The average Bonchev–Trinajstić information content (AvgIpc) is 3.87. The number of aryl methyl sites for hydroxylation is 1. The van der Waals surface area contributed by atoms with Crippen LogP contribution >= 0.6 is 15.9 Å². The first-order valence-electron chi connectivity index (χ1n) is 17.5. The van der Waals surface area contributed by atoms with Crippen LogP contribution in [-0.2, 0) is 18.8 Å². The van der Waals surface area contributed by atoms with Crippen molar-refractivity contribution in [2.24, 2.45) is 17.8 Å². The van der Waals surface area contributed by atoms with Crippen LogP contribution in [0, 0.1) is 36.3 Å². The van der Waals surface area contributed by atoms with Crippen molar-refractivity contribution in [1.29, 1.82) is 0 Å². The molecular weight excluding hydrogens is 826 g/mol. The lowest BCUT2D eigenvalue weighted by Gasteiger charge is -2.36. The highest BCUT2D eigenvalue weighted by molar-refractivity contribution is 9.10. The summed E-state index contributed by atoms with van der Waals surface area (Å²) < 4.78 is 124. The Bertz CT molecular complexity index is 2140. The lowest BCUT2D eigenvalue weighted by atomic mass is 9.82. The minimum atomic E-state index is -4.61. The Hall–Kier alpha value is -4.82. The van der Waals surface area contributed by atoms with Gasteiger partial charge in [0.05, 0.1) is 23.2 Å². The number of alkyl halides is 6. The Labute approximate surface area is 323 Å². The molecule has 0 spiro atoms. The van der Waals surface area contributed by atoms with E-state index in [9.17, 15) is 35.1 Å². The summed E-state index contributed by atoms with van der Waals surface area (Å²) in [6.45, 7) is 10.6. The van der Waals surface area contributed by atoms with Crippen LogP contribution in [0.2, 0.25) is 0 Å². The van der Waals surface area contributed by atoms with Gasteiger partial charge in [0.15, 0.2) is 29.0 Å². The molecule has 2 bridgehead atoms. The molecule has 3 atom stereocenters. The first-order valence-corrected chi connectivity index (χ1v) is 18.3. The molecule has 0 N–H and O–H groups in total. The molecule has 1 aliphatic heterocycles. The van der Waals surface area contributed by atoms with Gasteiger partial charge in [0.25, 0.3) is 0 Å². The van der Waals surface area contributed by atoms with E-state index in [-0.39, 0.29) is 28.8 Å². The second-order valence-corrected chi connectivity index (χ2v) is 14.7. The van der Waals surface area contributed by atoms with Crippen molar-refractivity contribution in [1.82, 2.24) is 39.7 Å². The number of hydrogen-bond acceptors (Lipinski definition) is 10. The second kappa shape index (κ2) is 16.0. The largest absolute Gasteiger partial charge is 0.421 e. The first kappa shape index (κ1) is 40.8. The molecular formula is C35H36BrF8N9O3. The van der Waals surface area contributed by atoms with E-state index >= 15 is 0 Å². The molecule has 56 heavy (non-hydrogen) atoms. The van der Waals surface area contributed by atoms with Crippen LogP contribution in [0.1, 0.15) is 75.5 Å². The van der Waals surface area contributed by atoms with Crippen molar-refractivity contribution in [3.63, 3.8) is 0 Å². The number of rotatable bonds is 9. The summed E-state index contributed by atoms with van der Waals surface area (Å²) in [5.41, 5.74) is -2.00. The van der Waals surface area contributed by atoms with E-state index in [1.165, 1.54) is 9.36 Å².